The number of esters is 1. The van der Waals surface area contributed by atoms with Crippen LogP contribution in [0.5, 0.6) is 0 Å². The summed E-state index contributed by atoms with van der Waals surface area (Å²) in [6.07, 6.45) is -0.211. The molecule has 0 radical (unpaired) electrons. The van der Waals surface area contributed by atoms with Crippen LogP contribution in [-0.2, 0) is 20.5 Å². The van der Waals surface area contributed by atoms with Crippen molar-refractivity contribution in [1.29, 1.82) is 0 Å². The number of halogens is 3. The predicted octanol–water partition coefficient (Wildman–Crippen LogP) is 4.74. The van der Waals surface area contributed by atoms with Crippen LogP contribution in [0.2, 0.25) is 0 Å². The molecule has 1 saturated carbocycles. The lowest BCUT2D eigenvalue weighted by Gasteiger charge is -2.44. The molecule has 1 aromatic carbocycles. The molecule has 8 nitrogen and oxygen atoms in total. The van der Waals surface area contributed by atoms with E-state index in [1.165, 1.54) is 12.4 Å². The number of hydrogen-bond donors (Lipinski definition) is 1. The topological polar surface area (TPSA) is 87.7 Å². The highest BCUT2D eigenvalue weighted by Crippen LogP contribution is 2.36. The van der Waals surface area contributed by atoms with E-state index in [2.05, 4.69) is 41.1 Å². The zero-order chi connectivity index (χ0) is 28.5. The van der Waals surface area contributed by atoms with Gasteiger partial charge in [0.2, 0.25) is 5.91 Å². The fourth-order valence-corrected chi connectivity index (χ4v) is 5.64. The van der Waals surface area contributed by atoms with E-state index in [1.54, 1.807) is 13.8 Å². The molecule has 2 aromatic rings. The number of likely N-dealkylation sites (tertiary alicyclic amines) is 1. The summed E-state index contributed by atoms with van der Waals surface area (Å²) in [4.78, 5) is 38.3. The number of hydrogen-bond acceptors (Lipinski definition) is 7. The third-order valence-corrected chi connectivity index (χ3v) is 8.13. The Hall–Kier alpha value is -2.95. The lowest BCUT2D eigenvalue weighted by atomic mass is 9.80. The summed E-state index contributed by atoms with van der Waals surface area (Å²) in [5.41, 5.74) is -0.434. The van der Waals surface area contributed by atoms with Crippen molar-refractivity contribution in [1.82, 2.24) is 19.8 Å². The van der Waals surface area contributed by atoms with Gasteiger partial charge in [-0.05, 0) is 64.8 Å². The van der Waals surface area contributed by atoms with Gasteiger partial charge in [-0.15, -0.1) is 0 Å². The number of anilines is 1. The summed E-state index contributed by atoms with van der Waals surface area (Å²) in [6.45, 7) is 8.65. The molecule has 1 aliphatic heterocycles. The molecular formula is C28H38F3N5O3. The average molecular weight is 550 g/mol. The first kappa shape index (κ1) is 29.0. The molecule has 1 aliphatic carbocycles. The quantitative estimate of drug-likeness (QED) is 0.476. The molecular weight excluding hydrogens is 511 g/mol. The van der Waals surface area contributed by atoms with Gasteiger partial charge in [-0.2, -0.15) is 13.2 Å². The Morgan fingerprint density at radius 1 is 1.18 bits per heavy atom. The van der Waals surface area contributed by atoms with E-state index in [0.29, 0.717) is 30.6 Å². The van der Waals surface area contributed by atoms with Gasteiger partial charge in [-0.3, -0.25) is 9.59 Å². The lowest BCUT2D eigenvalue weighted by molar-refractivity contribution is -0.150. The van der Waals surface area contributed by atoms with Crippen molar-refractivity contribution in [2.75, 3.05) is 25.5 Å². The maximum absolute atomic E-state index is 13.6. The molecule has 0 unspecified atom stereocenters. The number of nitrogens with zero attached hydrogens (tertiary/aromatic N) is 4. The zero-order valence-corrected chi connectivity index (χ0v) is 23.2. The van der Waals surface area contributed by atoms with Crippen molar-refractivity contribution in [3.05, 3.63) is 30.1 Å². The van der Waals surface area contributed by atoms with Crippen LogP contribution in [0.4, 0.5) is 19.0 Å². The number of fused-ring (bicyclic) bond motifs is 1. The van der Waals surface area contributed by atoms with Crippen LogP contribution in [0, 0.1) is 11.8 Å². The second-order valence-corrected chi connectivity index (χ2v) is 11.3. The van der Waals surface area contributed by atoms with Crippen molar-refractivity contribution in [2.24, 2.45) is 11.8 Å². The second-order valence-electron chi connectivity index (χ2n) is 11.3. The Labute approximate surface area is 227 Å². The molecule has 1 saturated heterocycles. The summed E-state index contributed by atoms with van der Waals surface area (Å²) in [5, 5.41) is 3.32. The van der Waals surface area contributed by atoms with Crippen LogP contribution in [0.3, 0.4) is 0 Å². The average Bonchev–Trinajstić information content (AvgIpc) is 3.25. The van der Waals surface area contributed by atoms with Gasteiger partial charge in [-0.25, -0.2) is 9.97 Å². The van der Waals surface area contributed by atoms with Gasteiger partial charge in [-0.1, -0.05) is 13.8 Å². The molecule has 1 amide bonds. The summed E-state index contributed by atoms with van der Waals surface area (Å²) >= 11 is 0. The summed E-state index contributed by atoms with van der Waals surface area (Å²) in [6, 6.07) is 3.30. The fourth-order valence-electron chi connectivity index (χ4n) is 5.64. The van der Waals surface area contributed by atoms with Gasteiger partial charge in [0.25, 0.3) is 0 Å². The van der Waals surface area contributed by atoms with Gasteiger partial charge in [0.05, 0.1) is 23.6 Å². The number of amides is 1. The maximum atomic E-state index is 13.6. The van der Waals surface area contributed by atoms with Crippen LogP contribution >= 0.6 is 0 Å². The monoisotopic (exact) mass is 549 g/mol. The zero-order valence-electron chi connectivity index (χ0n) is 23.2. The molecule has 1 N–H and O–H groups in total. The number of rotatable bonds is 8. The first-order chi connectivity index (χ1) is 18.4. The second kappa shape index (κ2) is 11.7. The first-order valence-corrected chi connectivity index (χ1v) is 13.6. The highest BCUT2D eigenvalue weighted by molar-refractivity contribution is 5.93. The molecule has 1 aromatic heterocycles. The van der Waals surface area contributed by atoms with Crippen molar-refractivity contribution >= 4 is 28.6 Å². The van der Waals surface area contributed by atoms with Crippen LogP contribution in [0.1, 0.15) is 58.9 Å². The van der Waals surface area contributed by atoms with E-state index >= 15 is 0 Å². The molecule has 0 spiro atoms. The summed E-state index contributed by atoms with van der Waals surface area (Å²) in [5.74, 6) is -0.409. The number of nitrogens with one attached hydrogen (secondary N) is 1. The van der Waals surface area contributed by atoms with Gasteiger partial charge >= 0.3 is 12.1 Å². The Kier molecular flexibility index (Phi) is 8.68. The molecule has 214 valence electrons. The van der Waals surface area contributed by atoms with E-state index in [9.17, 15) is 22.8 Å². The predicted molar refractivity (Wildman–Crippen MR) is 142 cm³/mol. The summed E-state index contributed by atoms with van der Waals surface area (Å²) in [7, 11) is 2.10. The van der Waals surface area contributed by atoms with Crippen LogP contribution in [0.15, 0.2) is 24.5 Å². The van der Waals surface area contributed by atoms with Crippen molar-refractivity contribution < 1.29 is 27.5 Å². The van der Waals surface area contributed by atoms with Crippen LogP contribution in [-0.4, -0.2) is 76.0 Å². The van der Waals surface area contributed by atoms with E-state index in [0.717, 1.165) is 31.4 Å². The minimum absolute atomic E-state index is 0.00965. The number of ether oxygens (including phenoxy) is 1. The van der Waals surface area contributed by atoms with E-state index < -0.39 is 17.8 Å². The van der Waals surface area contributed by atoms with Crippen molar-refractivity contribution in [2.45, 2.75) is 83.7 Å². The third-order valence-electron chi connectivity index (χ3n) is 8.13. The normalized spacial score (nSPS) is 24.3. The molecule has 0 bridgehead atoms. The van der Waals surface area contributed by atoms with Crippen molar-refractivity contribution in [3.8, 4) is 0 Å². The largest absolute Gasteiger partial charge is 0.465 e. The minimum atomic E-state index is -4.50. The van der Waals surface area contributed by atoms with Gasteiger partial charge in [0.1, 0.15) is 18.2 Å². The lowest BCUT2D eigenvalue weighted by Crippen LogP contribution is -2.52. The standard InChI is InChI=1S/C28H38F3N5O3/c1-16(2)27(38)39-14-18-12-20(35(5)17(3)4)7-9-24(18)36-11-10-23(26(36)37)34-25-21-13-19(28(29,30)31)6-8-22(21)32-15-33-25/h6,8,13,15-18,20,23-24H,7,9-12,14H2,1-5H3,(H,32,33,34)/t18-,20+,23-,24-/m0/s1. The van der Waals surface area contributed by atoms with Crippen molar-refractivity contribution in [3.63, 3.8) is 0 Å². The van der Waals surface area contributed by atoms with Gasteiger partial charge in [0, 0.05) is 36.0 Å². The highest BCUT2D eigenvalue weighted by Gasteiger charge is 2.43. The molecule has 11 heteroatoms. The molecule has 2 heterocycles. The van der Waals surface area contributed by atoms with Gasteiger partial charge < -0.3 is 19.9 Å². The Morgan fingerprint density at radius 3 is 2.59 bits per heavy atom. The smallest absolute Gasteiger partial charge is 0.416 e. The Morgan fingerprint density at radius 2 is 1.92 bits per heavy atom. The number of carbonyl (C=O) groups excluding carboxylic acids is 2. The third kappa shape index (κ3) is 6.45. The van der Waals surface area contributed by atoms with Crippen LogP contribution < -0.4 is 5.32 Å². The van der Waals surface area contributed by atoms with E-state index in [4.69, 9.17) is 4.74 Å². The molecule has 4 rings (SSSR count). The molecule has 39 heavy (non-hydrogen) atoms. The molecule has 2 fully saturated rings. The Balaban J connectivity index is 1.52. The van der Waals surface area contributed by atoms with E-state index in [1.807, 2.05) is 4.90 Å². The molecule has 4 atom stereocenters. The number of alkyl halides is 3. The molecule has 2 aliphatic rings. The maximum Gasteiger partial charge on any atom is 0.416 e. The minimum Gasteiger partial charge on any atom is -0.465 e. The SMILES string of the molecule is CC(C)C(=O)OC[C@@H]1C[C@H](N(C)C(C)C)CC[C@@H]1N1CC[C@H](Nc2ncnc3ccc(C(F)(F)F)cc23)C1=O. The number of benzene rings is 1. The summed E-state index contributed by atoms with van der Waals surface area (Å²) < 4.78 is 45.6. The number of aromatic nitrogens is 2. The van der Waals surface area contributed by atoms with E-state index in [-0.39, 0.29) is 47.6 Å². The first-order valence-electron chi connectivity index (χ1n) is 13.6. The number of carbonyl (C=O) groups is 2. The highest BCUT2D eigenvalue weighted by atomic mass is 19.4. The Bertz CT molecular complexity index is 1190. The fraction of sp³-hybridized carbons (Fsp3) is 0.643. The van der Waals surface area contributed by atoms with Gasteiger partial charge in [0.15, 0.2) is 0 Å². The van der Waals surface area contributed by atoms with Crippen LogP contribution in [0.25, 0.3) is 10.9 Å².